The Morgan fingerprint density at radius 1 is 1.56 bits per heavy atom. The standard InChI is InChI=1S/C12H12ClNO2/c1-8-5-11(12(13)14-6-8)16-7-9-3-2-4-10(9)15/h3,5-6H,2,4,7H2,1H3. The van der Waals surface area contributed by atoms with E-state index in [0.717, 1.165) is 17.6 Å². The fourth-order valence-corrected chi connectivity index (χ4v) is 1.73. The Hall–Kier alpha value is -1.35. The van der Waals surface area contributed by atoms with Gasteiger partial charge in [0, 0.05) is 18.2 Å². The predicted molar refractivity (Wildman–Crippen MR) is 61.8 cm³/mol. The molecule has 84 valence electrons. The molecule has 0 atom stereocenters. The number of carbonyl (C=O) groups is 1. The molecule has 0 fully saturated rings. The highest BCUT2D eigenvalue weighted by atomic mass is 35.5. The molecule has 0 radical (unpaired) electrons. The fraction of sp³-hybridized carbons (Fsp3) is 0.333. The smallest absolute Gasteiger partial charge is 0.171 e. The zero-order valence-electron chi connectivity index (χ0n) is 9.00. The quantitative estimate of drug-likeness (QED) is 0.759. The van der Waals surface area contributed by atoms with Gasteiger partial charge in [-0.2, -0.15) is 0 Å². The SMILES string of the molecule is Cc1cnc(Cl)c(OCC2=CCCC2=O)c1. The average molecular weight is 238 g/mol. The first-order valence-corrected chi connectivity index (χ1v) is 5.52. The summed E-state index contributed by atoms with van der Waals surface area (Å²) in [6, 6.07) is 1.81. The van der Waals surface area contributed by atoms with Crippen molar-refractivity contribution in [2.45, 2.75) is 19.8 Å². The Labute approximate surface area is 99.1 Å². The molecule has 1 aromatic heterocycles. The van der Waals surface area contributed by atoms with Crippen LogP contribution in [0, 0.1) is 6.92 Å². The van der Waals surface area contributed by atoms with Crippen molar-refractivity contribution in [3.05, 3.63) is 34.6 Å². The van der Waals surface area contributed by atoms with E-state index in [0.29, 0.717) is 17.3 Å². The summed E-state index contributed by atoms with van der Waals surface area (Å²) >= 11 is 5.88. The number of carbonyl (C=O) groups excluding carboxylic acids is 1. The number of hydrogen-bond donors (Lipinski definition) is 0. The number of ether oxygens (including phenoxy) is 1. The van der Waals surface area contributed by atoms with Gasteiger partial charge >= 0.3 is 0 Å². The van der Waals surface area contributed by atoms with Crippen molar-refractivity contribution in [2.24, 2.45) is 0 Å². The Morgan fingerprint density at radius 2 is 2.38 bits per heavy atom. The summed E-state index contributed by atoms with van der Waals surface area (Å²) < 4.78 is 5.49. The third-order valence-electron chi connectivity index (χ3n) is 2.45. The van der Waals surface area contributed by atoms with Gasteiger partial charge in [-0.1, -0.05) is 17.7 Å². The number of hydrogen-bond acceptors (Lipinski definition) is 3. The molecule has 3 nitrogen and oxygen atoms in total. The number of nitrogens with zero attached hydrogens (tertiary/aromatic N) is 1. The number of aromatic nitrogens is 1. The van der Waals surface area contributed by atoms with Gasteiger partial charge in [0.2, 0.25) is 0 Å². The van der Waals surface area contributed by atoms with E-state index < -0.39 is 0 Å². The van der Waals surface area contributed by atoms with Gasteiger partial charge in [-0.15, -0.1) is 0 Å². The lowest BCUT2D eigenvalue weighted by atomic mass is 10.2. The summed E-state index contributed by atoms with van der Waals surface area (Å²) in [6.45, 7) is 2.19. The molecule has 16 heavy (non-hydrogen) atoms. The third-order valence-corrected chi connectivity index (χ3v) is 2.73. The molecule has 0 aliphatic heterocycles. The Balaban J connectivity index is 2.04. The van der Waals surface area contributed by atoms with Crippen molar-refractivity contribution in [1.29, 1.82) is 0 Å². The zero-order chi connectivity index (χ0) is 11.5. The summed E-state index contributed by atoms with van der Waals surface area (Å²) in [6.07, 6.45) is 5.00. The van der Waals surface area contributed by atoms with E-state index in [4.69, 9.17) is 16.3 Å². The van der Waals surface area contributed by atoms with Crippen LogP contribution in [0.15, 0.2) is 23.9 Å². The van der Waals surface area contributed by atoms with Crippen LogP contribution < -0.4 is 4.74 Å². The predicted octanol–water partition coefficient (Wildman–Crippen LogP) is 2.71. The molecule has 4 heteroatoms. The molecule has 0 amide bonds. The van der Waals surface area contributed by atoms with E-state index in [1.54, 1.807) is 6.20 Å². The average Bonchev–Trinajstić information content (AvgIpc) is 2.66. The Bertz CT molecular complexity index is 454. The molecule has 0 spiro atoms. The lowest BCUT2D eigenvalue weighted by Gasteiger charge is -2.08. The molecule has 1 aliphatic carbocycles. The van der Waals surface area contributed by atoms with Crippen molar-refractivity contribution < 1.29 is 9.53 Å². The minimum Gasteiger partial charge on any atom is -0.486 e. The monoisotopic (exact) mass is 237 g/mol. The molecule has 1 aromatic rings. The van der Waals surface area contributed by atoms with Crippen molar-refractivity contribution in [2.75, 3.05) is 6.61 Å². The maximum Gasteiger partial charge on any atom is 0.171 e. The molecule has 1 heterocycles. The van der Waals surface area contributed by atoms with Gasteiger partial charge in [0.15, 0.2) is 16.7 Å². The lowest BCUT2D eigenvalue weighted by Crippen LogP contribution is -2.07. The highest BCUT2D eigenvalue weighted by Crippen LogP contribution is 2.24. The van der Waals surface area contributed by atoms with E-state index in [9.17, 15) is 4.79 Å². The highest BCUT2D eigenvalue weighted by Gasteiger charge is 2.15. The third kappa shape index (κ3) is 2.42. The van der Waals surface area contributed by atoms with Crippen LogP contribution in [0.5, 0.6) is 5.75 Å². The van der Waals surface area contributed by atoms with Gasteiger partial charge in [0.1, 0.15) is 6.61 Å². The second-order valence-corrected chi connectivity index (χ2v) is 4.14. The maximum atomic E-state index is 11.4. The lowest BCUT2D eigenvalue weighted by molar-refractivity contribution is -0.115. The molecule has 0 saturated heterocycles. The van der Waals surface area contributed by atoms with E-state index >= 15 is 0 Å². The first kappa shape index (κ1) is 11.1. The van der Waals surface area contributed by atoms with Crippen LogP contribution >= 0.6 is 11.6 Å². The molecular weight excluding hydrogens is 226 g/mol. The van der Waals surface area contributed by atoms with Crippen molar-refractivity contribution in [3.8, 4) is 5.75 Å². The van der Waals surface area contributed by atoms with Crippen LogP contribution in [0.2, 0.25) is 5.15 Å². The zero-order valence-corrected chi connectivity index (χ0v) is 9.75. The molecule has 0 unspecified atom stereocenters. The first-order valence-electron chi connectivity index (χ1n) is 5.14. The van der Waals surface area contributed by atoms with Gasteiger partial charge in [0.05, 0.1) is 0 Å². The van der Waals surface area contributed by atoms with Crippen LogP contribution in [0.1, 0.15) is 18.4 Å². The molecular formula is C12H12ClNO2. The normalized spacial score (nSPS) is 15.1. The molecule has 0 aromatic carbocycles. The summed E-state index contributed by atoms with van der Waals surface area (Å²) in [7, 11) is 0. The van der Waals surface area contributed by atoms with Crippen LogP contribution in [0.25, 0.3) is 0 Å². The first-order chi connectivity index (χ1) is 7.66. The van der Waals surface area contributed by atoms with Gasteiger partial charge in [-0.25, -0.2) is 4.98 Å². The number of pyridine rings is 1. The van der Waals surface area contributed by atoms with Crippen LogP contribution in [0.4, 0.5) is 0 Å². The number of allylic oxidation sites excluding steroid dienone is 1. The number of aryl methyl sites for hydroxylation is 1. The van der Waals surface area contributed by atoms with Crippen molar-refractivity contribution in [3.63, 3.8) is 0 Å². The van der Waals surface area contributed by atoms with Crippen LogP contribution in [-0.4, -0.2) is 17.4 Å². The fourth-order valence-electron chi connectivity index (χ4n) is 1.57. The number of rotatable bonds is 3. The van der Waals surface area contributed by atoms with Gasteiger partial charge in [-0.3, -0.25) is 4.79 Å². The van der Waals surface area contributed by atoms with E-state index in [1.165, 1.54) is 0 Å². The molecule has 0 N–H and O–H groups in total. The van der Waals surface area contributed by atoms with Crippen molar-refractivity contribution >= 4 is 17.4 Å². The second kappa shape index (κ2) is 4.66. The highest BCUT2D eigenvalue weighted by molar-refractivity contribution is 6.30. The summed E-state index contributed by atoms with van der Waals surface area (Å²) in [5, 5.41) is 0.330. The van der Waals surface area contributed by atoms with Gasteiger partial charge < -0.3 is 4.74 Å². The minimum atomic E-state index is 0.164. The van der Waals surface area contributed by atoms with Gasteiger partial charge in [-0.05, 0) is 25.0 Å². The Morgan fingerprint density at radius 3 is 3.06 bits per heavy atom. The molecule has 0 saturated carbocycles. The van der Waals surface area contributed by atoms with E-state index in [-0.39, 0.29) is 12.4 Å². The molecule has 0 bridgehead atoms. The Kier molecular flexibility index (Phi) is 3.25. The molecule has 1 aliphatic rings. The van der Waals surface area contributed by atoms with E-state index in [1.807, 2.05) is 19.1 Å². The summed E-state index contributed by atoms with van der Waals surface area (Å²) in [4.78, 5) is 15.3. The number of halogens is 1. The summed E-state index contributed by atoms with van der Waals surface area (Å²) in [5.41, 5.74) is 1.71. The number of ketones is 1. The second-order valence-electron chi connectivity index (χ2n) is 3.78. The number of Topliss-reactive ketones (excluding diaryl/α,β-unsaturated/α-hetero) is 1. The van der Waals surface area contributed by atoms with Crippen molar-refractivity contribution in [1.82, 2.24) is 4.98 Å². The van der Waals surface area contributed by atoms with Crippen LogP contribution in [-0.2, 0) is 4.79 Å². The maximum absolute atomic E-state index is 11.4. The minimum absolute atomic E-state index is 0.164. The topological polar surface area (TPSA) is 39.2 Å². The van der Waals surface area contributed by atoms with Gasteiger partial charge in [0.25, 0.3) is 0 Å². The van der Waals surface area contributed by atoms with Crippen LogP contribution in [0.3, 0.4) is 0 Å². The largest absolute Gasteiger partial charge is 0.486 e. The molecule has 2 rings (SSSR count). The van der Waals surface area contributed by atoms with E-state index in [2.05, 4.69) is 4.98 Å². The summed E-state index contributed by atoms with van der Waals surface area (Å²) in [5.74, 6) is 0.694.